The first kappa shape index (κ1) is 15.4. The molecule has 1 heterocycles. The smallest absolute Gasteiger partial charge is 0.270 e. The van der Waals surface area contributed by atoms with Gasteiger partial charge in [-0.2, -0.15) is 0 Å². The Bertz CT molecular complexity index is 540. The Labute approximate surface area is 115 Å². The van der Waals surface area contributed by atoms with Gasteiger partial charge in [-0.15, -0.1) is 0 Å². The number of nitrogens with one attached hydrogen (secondary N) is 1. The minimum absolute atomic E-state index is 0. The van der Waals surface area contributed by atoms with Gasteiger partial charge in [-0.1, -0.05) is 0 Å². The van der Waals surface area contributed by atoms with Gasteiger partial charge in [0.15, 0.2) is 0 Å². The van der Waals surface area contributed by atoms with Crippen molar-refractivity contribution in [1.29, 1.82) is 0 Å². The predicted molar refractivity (Wildman–Crippen MR) is 70.1 cm³/mol. The second kappa shape index (κ2) is 6.48. The van der Waals surface area contributed by atoms with E-state index in [1.54, 1.807) is 0 Å². The molecular weight excluding hydrogens is 265 g/mol. The van der Waals surface area contributed by atoms with Crippen molar-refractivity contribution in [1.82, 2.24) is 15.3 Å². The quantitative estimate of drug-likeness (QED) is 0.867. The first-order valence-corrected chi connectivity index (χ1v) is 5.57. The Kier molecular flexibility index (Phi) is 4.99. The molecule has 0 aromatic heterocycles. The van der Waals surface area contributed by atoms with Crippen molar-refractivity contribution in [2.24, 2.45) is 0 Å². The van der Waals surface area contributed by atoms with E-state index in [4.69, 9.17) is 0 Å². The topological polar surface area (TPSA) is 84.2 Å². The van der Waals surface area contributed by atoms with Gasteiger partial charge in [-0.25, -0.2) is 4.39 Å². The molecule has 3 N–H and O–H groups in total. The van der Waals surface area contributed by atoms with Gasteiger partial charge in [-0.05, 0) is 24.3 Å². The number of rotatable bonds is 2. The van der Waals surface area contributed by atoms with E-state index < -0.39 is 5.82 Å². The van der Waals surface area contributed by atoms with E-state index in [-0.39, 0.29) is 17.3 Å². The molecule has 6 nitrogen and oxygen atoms in total. The number of halogens is 1. The van der Waals surface area contributed by atoms with E-state index in [2.05, 4.69) is 5.43 Å². The van der Waals surface area contributed by atoms with Crippen molar-refractivity contribution >= 4 is 11.8 Å². The van der Waals surface area contributed by atoms with Gasteiger partial charge in [0.05, 0.1) is 0 Å². The largest absolute Gasteiger partial charge is 0.412 e. The Morgan fingerprint density at radius 2 is 1.60 bits per heavy atom. The van der Waals surface area contributed by atoms with E-state index in [9.17, 15) is 14.0 Å². The summed E-state index contributed by atoms with van der Waals surface area (Å²) < 4.78 is 12.7. The lowest BCUT2D eigenvalue weighted by Crippen LogP contribution is -2.37. The van der Waals surface area contributed by atoms with Gasteiger partial charge in [0.25, 0.3) is 5.91 Å². The number of nitrogens with zero attached hydrogens (tertiary/aromatic N) is 2. The minimum Gasteiger partial charge on any atom is -0.412 e. The van der Waals surface area contributed by atoms with Crippen LogP contribution < -0.4 is 5.43 Å². The van der Waals surface area contributed by atoms with Gasteiger partial charge < -0.3 is 5.48 Å². The van der Waals surface area contributed by atoms with Crippen LogP contribution in [-0.4, -0.2) is 27.2 Å². The third-order valence-corrected chi connectivity index (χ3v) is 2.48. The summed E-state index contributed by atoms with van der Waals surface area (Å²) >= 11 is 0. The number of hydrazine groups is 1. The van der Waals surface area contributed by atoms with Crippen molar-refractivity contribution < 1.29 is 19.5 Å². The Morgan fingerprint density at radius 1 is 1.05 bits per heavy atom. The zero-order chi connectivity index (χ0) is 13.8. The number of carbonyl (C=O) groups excluding carboxylic acids is 2. The second-order valence-electron chi connectivity index (χ2n) is 3.88. The van der Waals surface area contributed by atoms with Gasteiger partial charge >= 0.3 is 0 Å². The molecule has 0 bridgehead atoms. The van der Waals surface area contributed by atoms with Crippen LogP contribution in [-0.2, 0) is 4.79 Å². The van der Waals surface area contributed by atoms with Crippen LogP contribution in [0.25, 0.3) is 0 Å². The highest BCUT2D eigenvalue weighted by Gasteiger charge is 2.10. The van der Waals surface area contributed by atoms with Crippen LogP contribution >= 0.6 is 0 Å². The molecule has 20 heavy (non-hydrogen) atoms. The van der Waals surface area contributed by atoms with Crippen LogP contribution in [0.2, 0.25) is 0 Å². The number of carbonyl (C=O) groups is 2. The first-order valence-electron chi connectivity index (χ1n) is 5.57. The Morgan fingerprint density at radius 3 is 2.10 bits per heavy atom. The molecule has 0 saturated carbocycles. The summed E-state index contributed by atoms with van der Waals surface area (Å²) in [7, 11) is 0. The number of amides is 2. The monoisotopic (exact) mass is 279 g/mol. The van der Waals surface area contributed by atoms with Crippen molar-refractivity contribution in [3.05, 3.63) is 60.4 Å². The Hall–Kier alpha value is -2.67. The minimum atomic E-state index is -0.397. The van der Waals surface area contributed by atoms with Crippen molar-refractivity contribution in [3.8, 4) is 0 Å². The summed E-state index contributed by atoms with van der Waals surface area (Å²) in [5, 5.41) is 1.41. The molecular formula is C13H14FN3O3. The van der Waals surface area contributed by atoms with Gasteiger partial charge in [0, 0.05) is 37.3 Å². The van der Waals surface area contributed by atoms with E-state index in [1.165, 1.54) is 65.9 Å². The number of hydrogen-bond acceptors (Lipinski definition) is 3. The summed E-state index contributed by atoms with van der Waals surface area (Å²) in [6.45, 7) is 1.43. The van der Waals surface area contributed by atoms with E-state index in [0.717, 1.165) is 0 Å². The lowest BCUT2D eigenvalue weighted by Gasteiger charge is -2.23. The number of benzene rings is 1. The highest BCUT2D eigenvalue weighted by atomic mass is 19.1. The fourth-order valence-corrected chi connectivity index (χ4v) is 1.45. The predicted octanol–water partition coefficient (Wildman–Crippen LogP) is 0.752. The van der Waals surface area contributed by atoms with Gasteiger partial charge in [-0.3, -0.25) is 24.9 Å². The molecule has 0 atom stereocenters. The molecule has 1 aromatic rings. The fraction of sp³-hybridized carbons (Fsp3) is 0.0769. The maximum Gasteiger partial charge on any atom is 0.270 e. The molecule has 1 aliphatic rings. The maximum atomic E-state index is 12.7. The molecule has 1 aromatic carbocycles. The van der Waals surface area contributed by atoms with Crippen LogP contribution in [0, 0.1) is 5.82 Å². The molecule has 0 radical (unpaired) electrons. The van der Waals surface area contributed by atoms with E-state index in [0.29, 0.717) is 5.56 Å². The average Bonchev–Trinajstić information content (AvgIpc) is 2.40. The summed E-state index contributed by atoms with van der Waals surface area (Å²) in [5.41, 5.74) is 2.92. The van der Waals surface area contributed by atoms with Crippen molar-refractivity contribution in [2.75, 3.05) is 0 Å². The second-order valence-corrected chi connectivity index (χ2v) is 3.88. The van der Waals surface area contributed by atoms with Gasteiger partial charge in [0.1, 0.15) is 5.82 Å². The van der Waals surface area contributed by atoms with E-state index in [1.807, 2.05) is 0 Å². The molecule has 2 amide bonds. The van der Waals surface area contributed by atoms with Crippen molar-refractivity contribution in [3.63, 3.8) is 0 Å². The summed E-state index contributed by atoms with van der Waals surface area (Å²) in [4.78, 5) is 24.3. The first-order chi connectivity index (χ1) is 9.06. The molecule has 0 unspecified atom stereocenters. The van der Waals surface area contributed by atoms with Crippen LogP contribution in [0.5, 0.6) is 0 Å². The standard InChI is InChI=1S/C13H12FN3O2.H2O/c1-10(18)16-6-8-17(9-7-16)15-13(19)11-2-4-12(14)5-3-11;/h2-9H,1H3,(H,15,19);1H2. The van der Waals surface area contributed by atoms with Crippen molar-refractivity contribution in [2.45, 2.75) is 6.92 Å². The van der Waals surface area contributed by atoms with Crippen LogP contribution in [0.4, 0.5) is 4.39 Å². The zero-order valence-electron chi connectivity index (χ0n) is 10.7. The fourth-order valence-electron chi connectivity index (χ4n) is 1.45. The summed E-state index contributed by atoms with van der Waals surface area (Å²) in [6.07, 6.45) is 6.10. The van der Waals surface area contributed by atoms with Crippen LogP contribution in [0.15, 0.2) is 49.1 Å². The lowest BCUT2D eigenvalue weighted by molar-refractivity contribution is -0.124. The van der Waals surface area contributed by atoms with Crippen LogP contribution in [0.1, 0.15) is 17.3 Å². The highest BCUT2D eigenvalue weighted by Crippen LogP contribution is 2.06. The molecule has 0 spiro atoms. The number of hydrogen-bond donors (Lipinski definition) is 1. The summed E-state index contributed by atoms with van der Waals surface area (Å²) in [5.74, 6) is -0.894. The molecule has 1 aliphatic heterocycles. The van der Waals surface area contributed by atoms with Crippen LogP contribution in [0.3, 0.4) is 0 Å². The lowest BCUT2D eigenvalue weighted by atomic mass is 10.2. The SMILES string of the molecule is CC(=O)N1C=CN(NC(=O)c2ccc(F)cc2)C=C1.O. The molecule has 0 saturated heterocycles. The maximum absolute atomic E-state index is 12.7. The molecule has 0 fully saturated rings. The summed E-state index contributed by atoms with van der Waals surface area (Å²) in [6, 6.07) is 5.22. The average molecular weight is 279 g/mol. The molecule has 2 rings (SSSR count). The zero-order valence-corrected chi connectivity index (χ0v) is 10.7. The molecule has 7 heteroatoms. The van der Waals surface area contributed by atoms with Gasteiger partial charge in [0.2, 0.25) is 5.91 Å². The molecule has 0 aliphatic carbocycles. The third-order valence-electron chi connectivity index (χ3n) is 2.48. The highest BCUT2D eigenvalue weighted by molar-refractivity contribution is 5.93. The third kappa shape index (κ3) is 3.66. The normalized spacial score (nSPS) is 12.9. The Balaban J connectivity index is 0.00000200. The molecule has 106 valence electrons. The van der Waals surface area contributed by atoms with E-state index >= 15 is 0 Å².